The van der Waals surface area contributed by atoms with Crippen LogP contribution in [0.5, 0.6) is 0 Å². The number of amides is 2. The Morgan fingerprint density at radius 3 is 2.32 bits per heavy atom. The molecule has 7 rings (SSSR count). The van der Waals surface area contributed by atoms with Crippen LogP contribution in [0.4, 0.5) is 18.0 Å². The standard InChI is InChI=1S/C22H27F3N8O/c23-22(24,25)33-7-15(5-27-33)6-29-8-21(9-29)12-31(13-21)19(34)30-10-20(11-30)3-17(4-20)32-14-26-18(28-32)16-1-2-16/h5,7,14,16-17H,1-4,6,8-13H2. The first-order valence-electron chi connectivity index (χ1n) is 12.0. The van der Waals surface area contributed by atoms with Gasteiger partial charge in [-0.2, -0.15) is 14.9 Å². The highest BCUT2D eigenvalue weighted by Crippen LogP contribution is 2.54. The van der Waals surface area contributed by atoms with Gasteiger partial charge in [-0.15, -0.1) is 13.2 Å². The summed E-state index contributed by atoms with van der Waals surface area (Å²) >= 11 is 0. The van der Waals surface area contributed by atoms with E-state index in [1.54, 1.807) is 0 Å². The van der Waals surface area contributed by atoms with Crippen LogP contribution in [0, 0.1) is 10.8 Å². The largest absolute Gasteiger partial charge is 0.504 e. The second kappa shape index (κ2) is 6.73. The number of alkyl halides is 3. The Labute approximate surface area is 194 Å². The Morgan fingerprint density at radius 2 is 1.71 bits per heavy atom. The molecule has 2 saturated carbocycles. The number of aromatic nitrogens is 5. The van der Waals surface area contributed by atoms with Gasteiger partial charge >= 0.3 is 12.3 Å². The molecule has 2 aliphatic carbocycles. The third kappa shape index (κ3) is 3.32. The average molecular weight is 477 g/mol. The van der Waals surface area contributed by atoms with E-state index in [0.29, 0.717) is 24.1 Å². The van der Waals surface area contributed by atoms with Gasteiger partial charge in [-0.1, -0.05) is 0 Å². The van der Waals surface area contributed by atoms with Crippen molar-refractivity contribution in [3.63, 3.8) is 0 Å². The van der Waals surface area contributed by atoms with Crippen molar-refractivity contribution in [3.8, 4) is 0 Å². The summed E-state index contributed by atoms with van der Waals surface area (Å²) < 4.78 is 40.1. The Balaban J connectivity index is 0.844. The monoisotopic (exact) mass is 476 g/mol. The van der Waals surface area contributed by atoms with Gasteiger partial charge in [-0.3, -0.25) is 4.90 Å². The molecule has 9 nitrogen and oxygen atoms in total. The average Bonchev–Trinajstić information content (AvgIpc) is 3.19. The summed E-state index contributed by atoms with van der Waals surface area (Å²) in [6, 6.07) is 0.537. The summed E-state index contributed by atoms with van der Waals surface area (Å²) in [5, 5.41) is 8.05. The summed E-state index contributed by atoms with van der Waals surface area (Å²) in [6.07, 6.45) is 4.25. The van der Waals surface area contributed by atoms with Gasteiger partial charge < -0.3 is 9.80 Å². The van der Waals surface area contributed by atoms with Gasteiger partial charge in [-0.05, 0) is 25.7 Å². The van der Waals surface area contributed by atoms with E-state index in [1.807, 2.05) is 20.8 Å². The quantitative estimate of drug-likeness (QED) is 0.678. The summed E-state index contributed by atoms with van der Waals surface area (Å²) in [5.41, 5.74) is 0.910. The van der Waals surface area contributed by atoms with Gasteiger partial charge in [0.1, 0.15) is 6.33 Å². The zero-order valence-corrected chi connectivity index (χ0v) is 18.8. The van der Waals surface area contributed by atoms with Crippen LogP contribution in [0.25, 0.3) is 0 Å². The lowest BCUT2D eigenvalue weighted by Crippen LogP contribution is -2.75. The first-order chi connectivity index (χ1) is 16.2. The highest BCUT2D eigenvalue weighted by Gasteiger charge is 2.58. The van der Waals surface area contributed by atoms with E-state index in [2.05, 4.69) is 20.1 Å². The lowest BCUT2D eigenvalue weighted by molar-refractivity contribution is -0.212. The highest BCUT2D eigenvalue weighted by atomic mass is 19.4. The molecule has 2 amide bonds. The maximum absolute atomic E-state index is 12.9. The molecule has 12 heteroatoms. The molecule has 2 aromatic rings. The number of carbonyl (C=O) groups is 1. The molecule has 2 spiro atoms. The van der Waals surface area contributed by atoms with E-state index >= 15 is 0 Å². The molecule has 5 heterocycles. The van der Waals surface area contributed by atoms with Crippen molar-refractivity contribution in [2.75, 3.05) is 39.3 Å². The van der Waals surface area contributed by atoms with Crippen LogP contribution in [0.1, 0.15) is 49.0 Å². The third-order valence-electron chi connectivity index (χ3n) is 8.25. The number of hydrogen-bond acceptors (Lipinski definition) is 5. The molecule has 0 atom stereocenters. The summed E-state index contributed by atoms with van der Waals surface area (Å²) in [6.45, 7) is 5.19. The smallest absolute Gasteiger partial charge is 0.323 e. The van der Waals surface area contributed by atoms with Crippen molar-refractivity contribution < 1.29 is 18.0 Å². The first kappa shape index (κ1) is 20.7. The summed E-state index contributed by atoms with van der Waals surface area (Å²) in [4.78, 5) is 23.3. The maximum Gasteiger partial charge on any atom is 0.504 e. The van der Waals surface area contributed by atoms with E-state index in [4.69, 9.17) is 0 Å². The molecule has 5 aliphatic rings. The zero-order chi connectivity index (χ0) is 23.3. The molecule has 3 aliphatic heterocycles. The molecule has 2 aromatic heterocycles. The van der Waals surface area contributed by atoms with Gasteiger partial charge in [0.05, 0.1) is 12.2 Å². The van der Waals surface area contributed by atoms with E-state index in [9.17, 15) is 18.0 Å². The van der Waals surface area contributed by atoms with Gasteiger partial charge in [0.15, 0.2) is 5.82 Å². The minimum absolute atomic E-state index is 0.0448. The van der Waals surface area contributed by atoms with Crippen molar-refractivity contribution in [3.05, 3.63) is 30.1 Å². The first-order valence-corrected chi connectivity index (χ1v) is 12.0. The molecule has 182 valence electrons. The lowest BCUT2D eigenvalue weighted by atomic mass is 9.60. The topological polar surface area (TPSA) is 75.3 Å². The lowest BCUT2D eigenvalue weighted by Gasteiger charge is -2.63. The molecule has 0 N–H and O–H groups in total. The van der Waals surface area contributed by atoms with E-state index < -0.39 is 6.30 Å². The molecule has 0 aromatic carbocycles. The summed E-state index contributed by atoms with van der Waals surface area (Å²) in [7, 11) is 0. The maximum atomic E-state index is 12.9. The minimum atomic E-state index is -4.48. The molecule has 0 unspecified atom stereocenters. The van der Waals surface area contributed by atoms with Crippen LogP contribution in [0.3, 0.4) is 0 Å². The number of urea groups is 1. The number of carbonyl (C=O) groups excluding carboxylic acids is 1. The molecular weight excluding hydrogens is 449 g/mol. The molecule has 3 saturated heterocycles. The SMILES string of the molecule is O=C(N1CC2(CC(n3cnc(C4CC4)n3)C2)C1)N1CC2(CN(Cc3cnn(C(F)(F)F)c3)C2)C1. The number of rotatable bonds is 4. The second-order valence-corrected chi connectivity index (χ2v) is 11.3. The fraction of sp³-hybridized carbons (Fsp3) is 0.727. The number of hydrogen-bond donors (Lipinski definition) is 0. The van der Waals surface area contributed by atoms with Crippen LogP contribution < -0.4 is 0 Å². The van der Waals surface area contributed by atoms with Crippen LogP contribution in [0.15, 0.2) is 18.7 Å². The van der Waals surface area contributed by atoms with Crippen molar-refractivity contribution in [2.24, 2.45) is 10.8 Å². The van der Waals surface area contributed by atoms with Crippen molar-refractivity contribution >= 4 is 6.03 Å². The Hall–Kier alpha value is -2.63. The zero-order valence-electron chi connectivity index (χ0n) is 18.8. The van der Waals surface area contributed by atoms with Gasteiger partial charge in [0.25, 0.3) is 0 Å². The fourth-order valence-electron chi connectivity index (χ4n) is 6.43. The normalized spacial score (nSPS) is 25.7. The predicted molar refractivity (Wildman–Crippen MR) is 112 cm³/mol. The van der Waals surface area contributed by atoms with Gasteiger partial charge in [0, 0.05) is 74.3 Å². The van der Waals surface area contributed by atoms with Crippen LogP contribution >= 0.6 is 0 Å². The molecule has 5 fully saturated rings. The van der Waals surface area contributed by atoms with Gasteiger partial charge in [-0.25, -0.2) is 14.5 Å². The highest BCUT2D eigenvalue weighted by molar-refractivity contribution is 5.77. The minimum Gasteiger partial charge on any atom is -0.323 e. The Bertz CT molecular complexity index is 1110. The number of halogens is 3. The fourth-order valence-corrected chi connectivity index (χ4v) is 6.43. The van der Waals surface area contributed by atoms with E-state index in [1.165, 1.54) is 19.0 Å². The molecule has 0 bridgehead atoms. The van der Waals surface area contributed by atoms with E-state index in [0.717, 1.165) is 64.1 Å². The van der Waals surface area contributed by atoms with Crippen molar-refractivity contribution in [2.45, 2.75) is 50.5 Å². The van der Waals surface area contributed by atoms with E-state index in [-0.39, 0.29) is 21.5 Å². The summed E-state index contributed by atoms with van der Waals surface area (Å²) in [5.74, 6) is 1.56. The number of likely N-dealkylation sites (tertiary alicyclic amines) is 3. The predicted octanol–water partition coefficient (Wildman–Crippen LogP) is 2.40. The van der Waals surface area contributed by atoms with Crippen LogP contribution in [0.2, 0.25) is 0 Å². The molecule has 34 heavy (non-hydrogen) atoms. The van der Waals surface area contributed by atoms with Crippen LogP contribution in [-0.2, 0) is 12.8 Å². The number of nitrogens with zero attached hydrogens (tertiary/aromatic N) is 8. The molecule has 0 radical (unpaired) electrons. The Kier molecular flexibility index (Phi) is 4.10. The third-order valence-corrected chi connectivity index (χ3v) is 8.25. The Morgan fingerprint density at radius 1 is 1.03 bits per heavy atom. The van der Waals surface area contributed by atoms with Gasteiger partial charge in [0.2, 0.25) is 0 Å². The molecular formula is C22H27F3N8O. The van der Waals surface area contributed by atoms with Crippen LogP contribution in [-0.4, -0.2) is 84.5 Å². The van der Waals surface area contributed by atoms with Crippen molar-refractivity contribution in [1.82, 2.24) is 39.2 Å². The second-order valence-electron chi connectivity index (χ2n) is 11.3. The van der Waals surface area contributed by atoms with Crippen molar-refractivity contribution in [1.29, 1.82) is 0 Å².